The molecule has 0 aliphatic rings. The Morgan fingerprint density at radius 1 is 1.39 bits per heavy atom. The highest BCUT2D eigenvalue weighted by molar-refractivity contribution is 5.47. The summed E-state index contributed by atoms with van der Waals surface area (Å²) >= 11 is 0. The normalized spacial score (nSPS) is 10.7. The highest BCUT2D eigenvalue weighted by Crippen LogP contribution is 2.13. The van der Waals surface area contributed by atoms with E-state index in [9.17, 15) is 0 Å². The number of hydrogen-bond donors (Lipinski definition) is 2. The van der Waals surface area contributed by atoms with Gasteiger partial charge in [0, 0.05) is 26.2 Å². The van der Waals surface area contributed by atoms with Crippen LogP contribution in [0.3, 0.4) is 0 Å². The lowest BCUT2D eigenvalue weighted by molar-refractivity contribution is 0.583. The maximum absolute atomic E-state index is 5.46. The molecule has 0 aliphatic heterocycles. The van der Waals surface area contributed by atoms with Crippen LogP contribution >= 0.6 is 0 Å². The first-order chi connectivity index (χ1) is 8.63. The van der Waals surface area contributed by atoms with Gasteiger partial charge in [0.25, 0.3) is 0 Å². The molecular weight excluding hydrogens is 226 g/mol. The molecule has 0 aliphatic carbocycles. The fourth-order valence-electron chi connectivity index (χ4n) is 1.54. The van der Waals surface area contributed by atoms with Crippen molar-refractivity contribution in [1.82, 2.24) is 9.97 Å². The van der Waals surface area contributed by atoms with Crippen molar-refractivity contribution in [1.29, 1.82) is 0 Å². The zero-order valence-corrected chi connectivity index (χ0v) is 11.7. The molecule has 0 fully saturated rings. The molecule has 5 nitrogen and oxygen atoms in total. The Bertz CT molecular complexity index is 340. The molecule has 1 rings (SSSR count). The number of hydrogen-bond acceptors (Lipinski definition) is 5. The van der Waals surface area contributed by atoms with Gasteiger partial charge in [0.1, 0.15) is 18.0 Å². The Morgan fingerprint density at radius 2 is 2.17 bits per heavy atom. The SMILES string of the molecule is CC(C)CCN(C)c1cc(NCCCN)ncn1. The molecule has 0 atom stereocenters. The number of nitrogens with one attached hydrogen (secondary N) is 1. The van der Waals surface area contributed by atoms with Crippen molar-refractivity contribution in [2.24, 2.45) is 11.7 Å². The van der Waals surface area contributed by atoms with Crippen LogP contribution in [-0.2, 0) is 0 Å². The van der Waals surface area contributed by atoms with E-state index in [1.54, 1.807) is 6.33 Å². The number of anilines is 2. The van der Waals surface area contributed by atoms with Gasteiger partial charge >= 0.3 is 0 Å². The van der Waals surface area contributed by atoms with Crippen molar-refractivity contribution >= 4 is 11.6 Å². The summed E-state index contributed by atoms with van der Waals surface area (Å²) in [5, 5.41) is 3.25. The summed E-state index contributed by atoms with van der Waals surface area (Å²) in [6.07, 6.45) is 3.71. The average Bonchev–Trinajstić information content (AvgIpc) is 2.36. The predicted octanol–water partition coefficient (Wildman–Crippen LogP) is 1.72. The lowest BCUT2D eigenvalue weighted by atomic mass is 10.1. The zero-order valence-electron chi connectivity index (χ0n) is 11.7. The van der Waals surface area contributed by atoms with Gasteiger partial charge in [0.15, 0.2) is 0 Å². The van der Waals surface area contributed by atoms with E-state index in [4.69, 9.17) is 5.73 Å². The molecule has 0 saturated heterocycles. The largest absolute Gasteiger partial charge is 0.370 e. The Morgan fingerprint density at radius 3 is 2.83 bits per heavy atom. The highest BCUT2D eigenvalue weighted by Gasteiger charge is 2.05. The summed E-state index contributed by atoms with van der Waals surface area (Å²) in [7, 11) is 2.06. The number of rotatable bonds is 8. The van der Waals surface area contributed by atoms with Gasteiger partial charge in [-0.1, -0.05) is 13.8 Å². The topological polar surface area (TPSA) is 67.1 Å². The van der Waals surface area contributed by atoms with Crippen molar-refractivity contribution in [3.63, 3.8) is 0 Å². The van der Waals surface area contributed by atoms with E-state index < -0.39 is 0 Å². The second kappa shape index (κ2) is 7.87. The van der Waals surface area contributed by atoms with Crippen molar-refractivity contribution in [2.75, 3.05) is 36.9 Å². The second-order valence-corrected chi connectivity index (χ2v) is 4.93. The van der Waals surface area contributed by atoms with Gasteiger partial charge in [-0.05, 0) is 25.3 Å². The first kappa shape index (κ1) is 14.7. The molecule has 3 N–H and O–H groups in total. The standard InChI is InChI=1S/C13H25N5/c1-11(2)5-8-18(3)13-9-12(16-10-17-13)15-7-4-6-14/h9-11H,4-8,14H2,1-3H3,(H,15,16,17). The molecule has 0 amide bonds. The molecule has 18 heavy (non-hydrogen) atoms. The van der Waals surface area contributed by atoms with Crippen LogP contribution in [0.1, 0.15) is 26.7 Å². The Hall–Kier alpha value is -1.36. The minimum Gasteiger partial charge on any atom is -0.370 e. The lowest BCUT2D eigenvalue weighted by Gasteiger charge is -2.19. The van der Waals surface area contributed by atoms with Gasteiger partial charge < -0.3 is 16.0 Å². The Kier molecular flexibility index (Phi) is 6.43. The molecule has 0 aromatic carbocycles. The minimum atomic E-state index is 0.694. The fourth-order valence-corrected chi connectivity index (χ4v) is 1.54. The average molecular weight is 251 g/mol. The molecule has 0 radical (unpaired) electrons. The van der Waals surface area contributed by atoms with Gasteiger partial charge in [-0.3, -0.25) is 0 Å². The van der Waals surface area contributed by atoms with Gasteiger partial charge in [0.2, 0.25) is 0 Å². The van der Waals surface area contributed by atoms with Crippen molar-refractivity contribution in [2.45, 2.75) is 26.7 Å². The molecule has 0 unspecified atom stereocenters. The van der Waals surface area contributed by atoms with Crippen LogP contribution in [0, 0.1) is 5.92 Å². The first-order valence-electron chi connectivity index (χ1n) is 6.60. The van der Waals surface area contributed by atoms with Crippen LogP contribution in [0.4, 0.5) is 11.6 Å². The number of nitrogens with zero attached hydrogens (tertiary/aromatic N) is 3. The van der Waals surface area contributed by atoms with E-state index in [-0.39, 0.29) is 0 Å². The van der Waals surface area contributed by atoms with Gasteiger partial charge in [-0.25, -0.2) is 9.97 Å². The smallest absolute Gasteiger partial charge is 0.133 e. The summed E-state index contributed by atoms with van der Waals surface area (Å²) in [4.78, 5) is 10.7. The summed E-state index contributed by atoms with van der Waals surface area (Å²) in [6.45, 7) is 7.01. The fraction of sp³-hybridized carbons (Fsp3) is 0.692. The molecule has 1 heterocycles. The summed E-state index contributed by atoms with van der Waals surface area (Å²) in [5.74, 6) is 2.53. The van der Waals surface area contributed by atoms with Gasteiger partial charge in [-0.15, -0.1) is 0 Å². The predicted molar refractivity (Wildman–Crippen MR) is 76.9 cm³/mol. The molecule has 1 aromatic rings. The highest BCUT2D eigenvalue weighted by atomic mass is 15.2. The number of aromatic nitrogens is 2. The molecule has 0 bridgehead atoms. The zero-order chi connectivity index (χ0) is 13.4. The summed E-state index contributed by atoms with van der Waals surface area (Å²) < 4.78 is 0. The van der Waals surface area contributed by atoms with Gasteiger partial charge in [0.05, 0.1) is 0 Å². The molecule has 5 heteroatoms. The molecular formula is C13H25N5. The van der Waals surface area contributed by atoms with E-state index in [0.29, 0.717) is 12.5 Å². The molecule has 1 aromatic heterocycles. The third kappa shape index (κ3) is 5.31. The van der Waals surface area contributed by atoms with E-state index in [2.05, 4.69) is 41.1 Å². The van der Waals surface area contributed by atoms with Crippen LogP contribution < -0.4 is 16.0 Å². The van der Waals surface area contributed by atoms with Crippen molar-refractivity contribution in [3.05, 3.63) is 12.4 Å². The van der Waals surface area contributed by atoms with Crippen LogP contribution in [0.5, 0.6) is 0 Å². The van der Waals surface area contributed by atoms with Crippen molar-refractivity contribution in [3.8, 4) is 0 Å². The van der Waals surface area contributed by atoms with Crippen LogP contribution in [-0.4, -0.2) is 36.6 Å². The maximum Gasteiger partial charge on any atom is 0.133 e. The Balaban J connectivity index is 2.52. The van der Waals surface area contributed by atoms with E-state index >= 15 is 0 Å². The molecule has 102 valence electrons. The molecule has 0 spiro atoms. The van der Waals surface area contributed by atoms with Crippen LogP contribution in [0.25, 0.3) is 0 Å². The van der Waals surface area contributed by atoms with Crippen LogP contribution in [0.15, 0.2) is 12.4 Å². The van der Waals surface area contributed by atoms with E-state index in [0.717, 1.165) is 37.6 Å². The van der Waals surface area contributed by atoms with Crippen molar-refractivity contribution < 1.29 is 0 Å². The molecule has 0 saturated carbocycles. The van der Waals surface area contributed by atoms with Gasteiger partial charge in [-0.2, -0.15) is 0 Å². The third-order valence-corrected chi connectivity index (χ3v) is 2.77. The van der Waals surface area contributed by atoms with E-state index in [1.807, 2.05) is 6.07 Å². The maximum atomic E-state index is 5.46. The van der Waals surface area contributed by atoms with Crippen LogP contribution in [0.2, 0.25) is 0 Å². The first-order valence-corrected chi connectivity index (χ1v) is 6.60. The minimum absolute atomic E-state index is 0.694. The summed E-state index contributed by atoms with van der Waals surface area (Å²) in [6, 6.07) is 1.98. The van der Waals surface area contributed by atoms with E-state index in [1.165, 1.54) is 0 Å². The quantitative estimate of drug-likeness (QED) is 0.689. The third-order valence-electron chi connectivity index (χ3n) is 2.77. The number of nitrogens with two attached hydrogens (primary N) is 1. The lowest BCUT2D eigenvalue weighted by Crippen LogP contribution is -2.21. The monoisotopic (exact) mass is 251 g/mol. The summed E-state index contributed by atoms with van der Waals surface area (Å²) in [5.41, 5.74) is 5.46. The second-order valence-electron chi connectivity index (χ2n) is 4.93. The Labute approximate surface area is 110 Å².